The van der Waals surface area contributed by atoms with Crippen LogP contribution in [-0.4, -0.2) is 73.4 Å². The van der Waals surface area contributed by atoms with Gasteiger partial charge in [-0.2, -0.15) is 0 Å². The Morgan fingerprint density at radius 3 is 1.82 bits per heavy atom. The minimum Gasteiger partial charge on any atom is -1.00 e. The molecule has 0 bridgehead atoms. The summed E-state index contributed by atoms with van der Waals surface area (Å²) in [6.45, 7) is 0. The van der Waals surface area contributed by atoms with Gasteiger partial charge in [0, 0.05) is 6.42 Å². The Morgan fingerprint density at radius 1 is 1.09 bits per heavy atom. The molecule has 5 nitrogen and oxygen atoms in total. The van der Waals surface area contributed by atoms with Crippen molar-refractivity contribution in [1.29, 1.82) is 0 Å². The number of carboxylic acids is 2. The zero-order valence-corrected chi connectivity index (χ0v) is 9.22. The molecule has 0 fully saturated rings. The molecule has 0 radical (unpaired) electrons. The second-order valence-corrected chi connectivity index (χ2v) is 1.62. The van der Waals surface area contributed by atoms with Crippen LogP contribution < -0.4 is 0 Å². The van der Waals surface area contributed by atoms with Gasteiger partial charge in [0.25, 0.3) is 0 Å². The normalized spacial score (nSPS) is 8.00. The van der Waals surface area contributed by atoms with Gasteiger partial charge in [-0.05, 0) is 0 Å². The van der Waals surface area contributed by atoms with Crippen molar-refractivity contribution in [1.82, 2.24) is 0 Å². The van der Waals surface area contributed by atoms with Crippen LogP contribution in [0.2, 0.25) is 0 Å². The average molecular weight is 236 g/mol. The number of carbonyl (C=O) groups excluding carboxylic acids is 1. The van der Waals surface area contributed by atoms with Crippen LogP contribution in [0.15, 0.2) is 0 Å². The molecule has 60 valence electrons. The predicted octanol–water partition coefficient (Wildman–Crippen LogP) is -0.651. The second kappa shape index (κ2) is 6.78. The van der Waals surface area contributed by atoms with Gasteiger partial charge in [-0.15, -0.1) is 0 Å². The molecule has 0 amide bonds. The summed E-state index contributed by atoms with van der Waals surface area (Å²) in [7, 11) is 0. The maximum absolute atomic E-state index is 10.2. The molecule has 0 spiro atoms. The van der Waals surface area contributed by atoms with Crippen LogP contribution in [0, 0.1) is 0 Å². The third kappa shape index (κ3) is 7.99. The van der Waals surface area contributed by atoms with Crippen LogP contribution in [0.1, 0.15) is 15.7 Å². The molecule has 0 saturated heterocycles. The van der Waals surface area contributed by atoms with E-state index in [9.17, 15) is 14.4 Å². The molecule has 0 aliphatic rings. The SMILES string of the molecule is O=C(O)CCC(=O)C(=O)O.[H-].[H-].[Sr+2]. The van der Waals surface area contributed by atoms with E-state index in [1.165, 1.54) is 0 Å². The van der Waals surface area contributed by atoms with E-state index in [4.69, 9.17) is 10.2 Å². The van der Waals surface area contributed by atoms with Gasteiger partial charge in [-0.1, -0.05) is 0 Å². The summed E-state index contributed by atoms with van der Waals surface area (Å²) in [5, 5.41) is 16.0. The molecule has 0 aromatic heterocycles. The van der Waals surface area contributed by atoms with E-state index in [1.54, 1.807) is 0 Å². The minimum atomic E-state index is -1.58. The van der Waals surface area contributed by atoms with Crippen molar-refractivity contribution in [2.24, 2.45) is 0 Å². The van der Waals surface area contributed by atoms with E-state index in [0.29, 0.717) is 0 Å². The Balaban J connectivity index is -0.000000135. The van der Waals surface area contributed by atoms with Crippen LogP contribution in [0.5, 0.6) is 0 Å². The van der Waals surface area contributed by atoms with Crippen molar-refractivity contribution in [3.8, 4) is 0 Å². The molecule has 2 N–H and O–H groups in total. The summed E-state index contributed by atoms with van der Waals surface area (Å²) in [6, 6.07) is 0. The molecule has 0 saturated carbocycles. The monoisotopic (exact) mass is 236 g/mol. The summed E-state index contributed by atoms with van der Waals surface area (Å²) in [5.74, 6) is -3.82. The van der Waals surface area contributed by atoms with Crippen molar-refractivity contribution in [2.45, 2.75) is 12.8 Å². The van der Waals surface area contributed by atoms with E-state index < -0.39 is 30.6 Å². The second-order valence-electron chi connectivity index (χ2n) is 1.62. The first-order valence-electron chi connectivity index (χ1n) is 2.52. The molecule has 6 heteroatoms. The molecule has 0 unspecified atom stereocenters. The van der Waals surface area contributed by atoms with E-state index in [-0.39, 0.29) is 48.3 Å². The van der Waals surface area contributed by atoms with Gasteiger partial charge < -0.3 is 13.1 Å². The summed E-state index contributed by atoms with van der Waals surface area (Å²) in [4.78, 5) is 29.7. The van der Waals surface area contributed by atoms with E-state index in [1.807, 2.05) is 0 Å². The van der Waals surface area contributed by atoms with E-state index >= 15 is 0 Å². The fourth-order valence-corrected chi connectivity index (χ4v) is 0.327. The Morgan fingerprint density at radius 2 is 1.55 bits per heavy atom. The van der Waals surface area contributed by atoms with Gasteiger partial charge in [0.15, 0.2) is 0 Å². The average Bonchev–Trinajstić information content (AvgIpc) is 1.82. The van der Waals surface area contributed by atoms with Gasteiger partial charge in [0.05, 0.1) is 6.42 Å². The first kappa shape index (κ1) is 13.7. The number of ketones is 1. The first-order chi connectivity index (χ1) is 4.54. The number of hydrogen-bond acceptors (Lipinski definition) is 3. The number of carboxylic acid groups (broad SMARTS) is 2. The largest absolute Gasteiger partial charge is 2.00 e. The molecule has 0 rings (SSSR count). The Labute approximate surface area is 103 Å². The standard InChI is InChI=1S/C5H6O5.Sr.2H/c6-3(5(9)10)1-2-4(7)8;;;/h1-2H2,(H,7,8)(H,9,10);;;/q;+2;2*-1. The molecule has 0 atom stereocenters. The van der Waals surface area contributed by atoms with Crippen LogP contribution in [0.4, 0.5) is 0 Å². The summed E-state index contributed by atoms with van der Waals surface area (Å²) in [5.41, 5.74) is 0. The molecular formula is C5H8O5Sr. The van der Waals surface area contributed by atoms with Crippen molar-refractivity contribution >= 4 is 63.2 Å². The maximum atomic E-state index is 10.2. The van der Waals surface area contributed by atoms with Gasteiger partial charge in [-0.25, -0.2) is 4.79 Å². The van der Waals surface area contributed by atoms with Gasteiger partial charge in [0.2, 0.25) is 5.78 Å². The molecule has 0 heterocycles. The summed E-state index contributed by atoms with van der Waals surface area (Å²) in [6.07, 6.45) is -0.865. The third-order valence-corrected chi connectivity index (χ3v) is 0.804. The van der Waals surface area contributed by atoms with Crippen molar-refractivity contribution in [2.75, 3.05) is 0 Å². The number of Topliss-reactive ketones (excluding diaryl/α,β-unsaturated/α-hetero) is 1. The van der Waals surface area contributed by atoms with Crippen molar-refractivity contribution in [3.05, 3.63) is 0 Å². The van der Waals surface area contributed by atoms with Crippen molar-refractivity contribution < 1.29 is 27.4 Å². The Bertz CT molecular complexity index is 184. The van der Waals surface area contributed by atoms with Crippen LogP contribution in [0.25, 0.3) is 0 Å². The van der Waals surface area contributed by atoms with E-state index in [0.717, 1.165) is 0 Å². The molecular weight excluding hydrogens is 228 g/mol. The zero-order valence-electron chi connectivity index (χ0n) is 7.74. The molecule has 0 aromatic carbocycles. The van der Waals surface area contributed by atoms with Gasteiger partial charge >= 0.3 is 57.4 Å². The molecule has 0 aliphatic heterocycles. The predicted molar refractivity (Wildman–Crippen MR) is 37.5 cm³/mol. The molecule has 11 heavy (non-hydrogen) atoms. The summed E-state index contributed by atoms with van der Waals surface area (Å²) >= 11 is 0. The van der Waals surface area contributed by atoms with E-state index in [2.05, 4.69) is 0 Å². The maximum Gasteiger partial charge on any atom is 2.00 e. The van der Waals surface area contributed by atoms with Gasteiger partial charge in [-0.3, -0.25) is 9.59 Å². The third-order valence-electron chi connectivity index (χ3n) is 0.804. The summed E-state index contributed by atoms with van der Waals surface area (Å²) < 4.78 is 0. The number of carbonyl (C=O) groups is 3. The number of hydrogen-bond donors (Lipinski definition) is 2. The van der Waals surface area contributed by atoms with Crippen molar-refractivity contribution in [3.63, 3.8) is 0 Å². The molecule has 0 aromatic rings. The van der Waals surface area contributed by atoms with Gasteiger partial charge in [0.1, 0.15) is 0 Å². The Hall–Kier alpha value is 0.0905. The van der Waals surface area contributed by atoms with Crippen LogP contribution >= 0.6 is 0 Å². The smallest absolute Gasteiger partial charge is 1.00 e. The molecule has 0 aliphatic carbocycles. The number of rotatable bonds is 4. The quantitative estimate of drug-likeness (QED) is 0.499. The first-order valence-corrected chi connectivity index (χ1v) is 2.52. The van der Waals surface area contributed by atoms with Crippen LogP contribution in [-0.2, 0) is 14.4 Å². The topological polar surface area (TPSA) is 91.7 Å². The number of aliphatic carboxylic acids is 2. The Kier molecular flexibility index (Phi) is 8.42. The zero-order chi connectivity index (χ0) is 8.15. The minimum absolute atomic E-state index is 0. The fraction of sp³-hybridized carbons (Fsp3) is 0.400. The fourth-order valence-electron chi connectivity index (χ4n) is 0.327. The van der Waals surface area contributed by atoms with Crippen LogP contribution in [0.3, 0.4) is 0 Å².